The summed E-state index contributed by atoms with van der Waals surface area (Å²) in [6.45, 7) is 6.17. The summed E-state index contributed by atoms with van der Waals surface area (Å²) in [5.41, 5.74) is 1.99. The van der Waals surface area contributed by atoms with Crippen LogP contribution in [0.15, 0.2) is 42.5 Å². The first-order chi connectivity index (χ1) is 12.5. The van der Waals surface area contributed by atoms with Crippen molar-refractivity contribution in [2.45, 2.75) is 13.0 Å². The van der Waals surface area contributed by atoms with Gasteiger partial charge in [0.25, 0.3) is 0 Å². The van der Waals surface area contributed by atoms with E-state index >= 15 is 0 Å². The first kappa shape index (κ1) is 19.0. The highest BCUT2D eigenvalue weighted by Crippen LogP contribution is 2.21. The van der Waals surface area contributed by atoms with Gasteiger partial charge in [-0.15, -0.1) is 0 Å². The van der Waals surface area contributed by atoms with E-state index < -0.39 is 6.10 Å². The van der Waals surface area contributed by atoms with Gasteiger partial charge in [0.05, 0.1) is 0 Å². The van der Waals surface area contributed by atoms with E-state index in [1.165, 1.54) is 12.1 Å². The fraction of sp³-hybridized carbons (Fsp3) is 0.400. The topological polar surface area (TPSA) is 35.9 Å². The second-order valence-electron chi connectivity index (χ2n) is 6.64. The normalized spacial score (nSPS) is 16.5. The average Bonchev–Trinajstić information content (AvgIpc) is 2.64. The Labute approximate surface area is 158 Å². The standard InChI is InChI=1S/C20H24ClFN2O2/c1-15-12-19(6-7-20(15)21)26-14-18(25)13-23-8-10-24(11-9-23)17-4-2-16(22)3-5-17/h2-7,12,18,25H,8-11,13-14H2,1H3/t18-/m0/s1. The van der Waals surface area contributed by atoms with Crippen LogP contribution in [0.5, 0.6) is 5.75 Å². The minimum absolute atomic E-state index is 0.216. The van der Waals surface area contributed by atoms with Gasteiger partial charge in [0.1, 0.15) is 24.3 Å². The number of ether oxygens (including phenoxy) is 1. The van der Waals surface area contributed by atoms with Crippen molar-refractivity contribution in [2.75, 3.05) is 44.2 Å². The van der Waals surface area contributed by atoms with E-state index in [1.54, 1.807) is 6.07 Å². The molecule has 1 heterocycles. The number of benzene rings is 2. The smallest absolute Gasteiger partial charge is 0.123 e. The number of aliphatic hydroxyl groups is 1. The van der Waals surface area contributed by atoms with Crippen molar-refractivity contribution in [2.24, 2.45) is 0 Å². The number of piperazine rings is 1. The Morgan fingerprint density at radius 3 is 2.46 bits per heavy atom. The molecule has 0 spiro atoms. The van der Waals surface area contributed by atoms with E-state index in [1.807, 2.05) is 31.2 Å². The Morgan fingerprint density at radius 1 is 1.12 bits per heavy atom. The van der Waals surface area contributed by atoms with Gasteiger partial charge in [-0.25, -0.2) is 4.39 Å². The summed E-state index contributed by atoms with van der Waals surface area (Å²) < 4.78 is 18.7. The van der Waals surface area contributed by atoms with Gasteiger partial charge < -0.3 is 14.7 Å². The maximum atomic E-state index is 13.0. The van der Waals surface area contributed by atoms with Crippen LogP contribution >= 0.6 is 11.6 Å². The molecule has 0 aromatic heterocycles. The maximum absolute atomic E-state index is 13.0. The second kappa shape index (κ2) is 8.71. The second-order valence-corrected chi connectivity index (χ2v) is 7.05. The Balaban J connectivity index is 1.42. The lowest BCUT2D eigenvalue weighted by Gasteiger charge is -2.36. The van der Waals surface area contributed by atoms with Crippen molar-refractivity contribution >= 4 is 17.3 Å². The van der Waals surface area contributed by atoms with Crippen molar-refractivity contribution < 1.29 is 14.2 Å². The molecule has 2 aromatic carbocycles. The maximum Gasteiger partial charge on any atom is 0.123 e. The molecule has 0 unspecified atom stereocenters. The predicted molar refractivity (Wildman–Crippen MR) is 103 cm³/mol. The zero-order valence-corrected chi connectivity index (χ0v) is 15.6. The van der Waals surface area contributed by atoms with Crippen LogP contribution in [-0.2, 0) is 0 Å². The first-order valence-corrected chi connectivity index (χ1v) is 9.19. The number of hydrogen-bond donors (Lipinski definition) is 1. The van der Waals surface area contributed by atoms with Crippen LogP contribution in [0.2, 0.25) is 5.02 Å². The third-order valence-corrected chi connectivity index (χ3v) is 5.03. The zero-order valence-electron chi connectivity index (χ0n) is 14.9. The molecule has 1 aliphatic heterocycles. The van der Waals surface area contributed by atoms with E-state index in [-0.39, 0.29) is 12.4 Å². The number of hydrogen-bond acceptors (Lipinski definition) is 4. The molecule has 3 rings (SSSR count). The molecule has 1 saturated heterocycles. The largest absolute Gasteiger partial charge is 0.491 e. The first-order valence-electron chi connectivity index (χ1n) is 8.81. The van der Waals surface area contributed by atoms with Gasteiger partial charge in [0, 0.05) is 43.4 Å². The predicted octanol–water partition coefficient (Wildman–Crippen LogP) is 3.35. The SMILES string of the molecule is Cc1cc(OC[C@@H](O)CN2CCN(c3ccc(F)cc3)CC2)ccc1Cl. The van der Waals surface area contributed by atoms with E-state index in [4.69, 9.17) is 16.3 Å². The summed E-state index contributed by atoms with van der Waals surface area (Å²) >= 11 is 6.00. The molecule has 1 fully saturated rings. The van der Waals surface area contributed by atoms with Gasteiger partial charge in [-0.05, 0) is 55.0 Å². The van der Waals surface area contributed by atoms with Gasteiger partial charge in [-0.1, -0.05) is 11.6 Å². The summed E-state index contributed by atoms with van der Waals surface area (Å²) in [6.07, 6.45) is -0.552. The summed E-state index contributed by atoms with van der Waals surface area (Å²) in [5.74, 6) is 0.499. The summed E-state index contributed by atoms with van der Waals surface area (Å²) in [7, 11) is 0. The van der Waals surface area contributed by atoms with Gasteiger partial charge in [-0.2, -0.15) is 0 Å². The summed E-state index contributed by atoms with van der Waals surface area (Å²) in [6, 6.07) is 12.1. The van der Waals surface area contributed by atoms with Crippen LogP contribution < -0.4 is 9.64 Å². The number of halogens is 2. The highest BCUT2D eigenvalue weighted by Gasteiger charge is 2.19. The van der Waals surface area contributed by atoms with Crippen LogP contribution in [-0.4, -0.2) is 55.4 Å². The number of β-amino-alcohol motifs (C(OH)–C–C–N with tert-alkyl or cyclic N) is 1. The monoisotopic (exact) mass is 378 g/mol. The molecule has 0 saturated carbocycles. The molecule has 1 aliphatic rings. The third-order valence-electron chi connectivity index (χ3n) is 4.60. The lowest BCUT2D eigenvalue weighted by atomic mass is 10.2. The van der Waals surface area contributed by atoms with E-state index in [0.29, 0.717) is 17.3 Å². The van der Waals surface area contributed by atoms with Crippen LogP contribution in [0.3, 0.4) is 0 Å². The fourth-order valence-electron chi connectivity index (χ4n) is 3.09. The van der Waals surface area contributed by atoms with Crippen LogP contribution in [0.25, 0.3) is 0 Å². The Bertz CT molecular complexity index is 718. The third kappa shape index (κ3) is 5.10. The number of nitrogens with zero attached hydrogens (tertiary/aromatic N) is 2. The molecular weight excluding hydrogens is 355 g/mol. The van der Waals surface area contributed by atoms with Gasteiger partial charge >= 0.3 is 0 Å². The van der Waals surface area contributed by atoms with Crippen molar-refractivity contribution in [3.05, 3.63) is 58.9 Å². The molecule has 1 atom stereocenters. The summed E-state index contributed by atoms with van der Waals surface area (Å²) in [5, 5.41) is 11.0. The molecule has 26 heavy (non-hydrogen) atoms. The molecule has 6 heteroatoms. The van der Waals surface area contributed by atoms with Crippen LogP contribution in [0.4, 0.5) is 10.1 Å². The van der Waals surface area contributed by atoms with Gasteiger partial charge in [0.15, 0.2) is 0 Å². The molecule has 0 radical (unpaired) electrons. The fourth-order valence-corrected chi connectivity index (χ4v) is 3.21. The van der Waals surface area contributed by atoms with Crippen molar-refractivity contribution in [1.82, 2.24) is 4.90 Å². The molecular formula is C20H24ClFN2O2. The molecule has 0 bridgehead atoms. The van der Waals surface area contributed by atoms with E-state index in [0.717, 1.165) is 37.4 Å². The van der Waals surface area contributed by atoms with Crippen molar-refractivity contribution in [1.29, 1.82) is 0 Å². The molecule has 140 valence electrons. The molecule has 2 aromatic rings. The lowest BCUT2D eigenvalue weighted by Crippen LogP contribution is -2.49. The number of rotatable bonds is 6. The molecule has 4 nitrogen and oxygen atoms in total. The number of aryl methyl sites for hydroxylation is 1. The highest BCUT2D eigenvalue weighted by molar-refractivity contribution is 6.31. The highest BCUT2D eigenvalue weighted by atomic mass is 35.5. The molecule has 1 N–H and O–H groups in total. The molecule has 0 aliphatic carbocycles. The zero-order chi connectivity index (χ0) is 18.5. The quantitative estimate of drug-likeness (QED) is 0.836. The van der Waals surface area contributed by atoms with Gasteiger partial charge in [0.2, 0.25) is 0 Å². The number of aliphatic hydroxyl groups excluding tert-OH is 1. The Morgan fingerprint density at radius 2 is 1.81 bits per heavy atom. The van der Waals surface area contributed by atoms with Crippen molar-refractivity contribution in [3.8, 4) is 5.75 Å². The van der Waals surface area contributed by atoms with Crippen molar-refractivity contribution in [3.63, 3.8) is 0 Å². The number of anilines is 1. The van der Waals surface area contributed by atoms with Gasteiger partial charge in [-0.3, -0.25) is 4.90 Å². The minimum Gasteiger partial charge on any atom is -0.491 e. The lowest BCUT2D eigenvalue weighted by molar-refractivity contribution is 0.0663. The van der Waals surface area contributed by atoms with E-state index in [2.05, 4.69) is 9.80 Å². The van der Waals surface area contributed by atoms with Crippen LogP contribution in [0, 0.1) is 12.7 Å². The Kier molecular flexibility index (Phi) is 6.35. The molecule has 0 amide bonds. The van der Waals surface area contributed by atoms with E-state index in [9.17, 15) is 9.50 Å². The van der Waals surface area contributed by atoms with Crippen LogP contribution in [0.1, 0.15) is 5.56 Å². The average molecular weight is 379 g/mol. The Hall–Kier alpha value is -1.82. The minimum atomic E-state index is -0.552. The summed E-state index contributed by atoms with van der Waals surface area (Å²) in [4.78, 5) is 4.45.